The van der Waals surface area contributed by atoms with Crippen molar-refractivity contribution in [2.75, 3.05) is 0 Å². The first kappa shape index (κ1) is 43.8. The lowest BCUT2D eigenvalue weighted by molar-refractivity contribution is 0.502. The predicted octanol–water partition coefficient (Wildman–Crippen LogP) is 14.1. The molecule has 0 fully saturated rings. The maximum absolute atomic E-state index is 2.34. The average Bonchev–Trinajstić information content (AvgIpc) is 2.86. The van der Waals surface area contributed by atoms with Gasteiger partial charge in [0.1, 0.15) is 0 Å². The van der Waals surface area contributed by atoms with Crippen LogP contribution in [-0.4, -0.2) is 0 Å². The summed E-state index contributed by atoms with van der Waals surface area (Å²) in [5, 5.41) is 0. The summed E-state index contributed by atoms with van der Waals surface area (Å²) in [5.74, 6) is 0.896. The van der Waals surface area contributed by atoms with E-state index in [0.717, 1.165) is 5.92 Å². The quantitative estimate of drug-likeness (QED) is 0.134. The van der Waals surface area contributed by atoms with E-state index in [1.54, 1.807) is 5.57 Å². The molecule has 0 rings (SSSR count). The maximum Gasteiger partial charge on any atom is -0.0323 e. The van der Waals surface area contributed by atoms with Crippen LogP contribution in [0.5, 0.6) is 0 Å². The molecule has 34 heavy (non-hydrogen) atoms. The van der Waals surface area contributed by atoms with Gasteiger partial charge in [-0.3, -0.25) is 0 Å². The van der Waals surface area contributed by atoms with Gasteiger partial charge in [0, 0.05) is 0 Å². The third-order valence-electron chi connectivity index (χ3n) is 5.60. The number of allylic oxidation sites excluding steroid dienone is 2. The first-order valence-corrected chi connectivity index (χ1v) is 16.1. The van der Waals surface area contributed by atoms with E-state index in [-0.39, 0.29) is 0 Å². The van der Waals surface area contributed by atoms with E-state index < -0.39 is 0 Å². The van der Waals surface area contributed by atoms with Gasteiger partial charge in [-0.25, -0.2) is 0 Å². The first-order valence-electron chi connectivity index (χ1n) is 16.1. The van der Waals surface area contributed by atoms with Gasteiger partial charge in [-0.15, -0.1) is 0 Å². The summed E-state index contributed by atoms with van der Waals surface area (Å²) in [5.41, 5.74) is 1.56. The van der Waals surface area contributed by atoms with E-state index >= 15 is 0 Å². The highest BCUT2D eigenvalue weighted by atomic mass is 14.0. The fourth-order valence-corrected chi connectivity index (χ4v) is 3.22. The molecule has 0 amide bonds. The van der Waals surface area contributed by atoms with Crippen LogP contribution in [0.3, 0.4) is 0 Å². The first-order chi connectivity index (χ1) is 16.5. The van der Waals surface area contributed by atoms with Crippen molar-refractivity contribution in [3.63, 3.8) is 0 Å². The largest absolute Gasteiger partial charge is 0.0887 e. The zero-order valence-electron chi connectivity index (χ0n) is 27.1. The highest BCUT2D eigenvalue weighted by molar-refractivity contribution is 4.94. The van der Waals surface area contributed by atoms with E-state index in [1.807, 2.05) is 27.7 Å². The van der Waals surface area contributed by atoms with Crippen LogP contribution in [0.4, 0.5) is 0 Å². The standard InChI is InChI=1S/C23H46.C4H10.C3H8.2C2H6/c1-5-23(4)21-19-17-15-13-11-9-7-6-8-10-12-14-16-18-20-22(2)3;1-3-4-2;1-3-2;2*1-2/h5,22H,6-21H2,1-4H3;3-4H2,1-2H3;3H2,1-2H3;2*1-2H3. The van der Waals surface area contributed by atoms with Crippen LogP contribution < -0.4 is 0 Å². The monoisotopic (exact) mass is 485 g/mol. The molecule has 0 nitrogen and oxygen atoms in total. The van der Waals surface area contributed by atoms with E-state index in [4.69, 9.17) is 0 Å². The van der Waals surface area contributed by atoms with E-state index in [9.17, 15) is 0 Å². The van der Waals surface area contributed by atoms with Crippen LogP contribution in [0.2, 0.25) is 0 Å². The number of rotatable bonds is 18. The van der Waals surface area contributed by atoms with Gasteiger partial charge in [-0.2, -0.15) is 0 Å². The molecule has 0 saturated heterocycles. The third kappa shape index (κ3) is 63.5. The Hall–Kier alpha value is -0.260. The van der Waals surface area contributed by atoms with Gasteiger partial charge in [-0.05, 0) is 32.6 Å². The Bertz CT molecular complexity index is 284. The molecule has 0 aliphatic heterocycles. The Balaban J connectivity index is -0.000000215. The van der Waals surface area contributed by atoms with Crippen LogP contribution in [0.15, 0.2) is 11.6 Å². The highest BCUT2D eigenvalue weighted by Gasteiger charge is 1.96. The van der Waals surface area contributed by atoms with Crippen LogP contribution in [0.25, 0.3) is 0 Å². The Labute approximate surface area is 222 Å². The molecule has 212 valence electrons. The summed E-state index contributed by atoms with van der Waals surface area (Å²) in [6.07, 6.45) is 29.3. The SMILES string of the molecule is CC.CC.CC=C(C)CCCCCCCCCCCCCCCCC(C)C.CCC.CCCC. The predicted molar refractivity (Wildman–Crippen MR) is 167 cm³/mol. The van der Waals surface area contributed by atoms with Crippen molar-refractivity contribution < 1.29 is 0 Å². The van der Waals surface area contributed by atoms with Gasteiger partial charge >= 0.3 is 0 Å². The molecule has 0 heterocycles. The normalized spacial score (nSPS) is 10.1. The van der Waals surface area contributed by atoms with Gasteiger partial charge in [0.15, 0.2) is 0 Å². The Morgan fingerprint density at radius 1 is 0.529 bits per heavy atom. The highest BCUT2D eigenvalue weighted by Crippen LogP contribution is 2.15. The van der Waals surface area contributed by atoms with E-state index in [1.165, 1.54) is 122 Å². The molecule has 0 saturated carbocycles. The van der Waals surface area contributed by atoms with Gasteiger partial charge < -0.3 is 0 Å². The molecule has 0 aromatic heterocycles. The zero-order valence-corrected chi connectivity index (χ0v) is 27.1. The number of hydrogen-bond donors (Lipinski definition) is 0. The molecule has 0 atom stereocenters. The minimum absolute atomic E-state index is 0.896. The number of unbranched alkanes of at least 4 members (excludes halogenated alkanes) is 14. The molecule has 0 unspecified atom stereocenters. The molecular formula is C34H76. The summed E-state index contributed by atoms with van der Waals surface area (Å²) in [4.78, 5) is 0. The van der Waals surface area contributed by atoms with Crippen molar-refractivity contribution in [2.45, 2.75) is 205 Å². The van der Waals surface area contributed by atoms with Crippen molar-refractivity contribution in [3.05, 3.63) is 11.6 Å². The molecule has 0 spiro atoms. The van der Waals surface area contributed by atoms with E-state index in [0.29, 0.717) is 0 Å². The second kappa shape index (κ2) is 49.8. The van der Waals surface area contributed by atoms with Crippen LogP contribution >= 0.6 is 0 Å². The Morgan fingerprint density at radius 3 is 1.03 bits per heavy atom. The summed E-state index contributed by atoms with van der Waals surface area (Å²) in [7, 11) is 0. The fraction of sp³-hybridized carbons (Fsp3) is 0.941. The molecule has 0 aromatic rings. The molecule has 0 radical (unpaired) electrons. The minimum Gasteiger partial charge on any atom is -0.0887 e. The summed E-state index contributed by atoms with van der Waals surface area (Å²) < 4.78 is 0. The van der Waals surface area contributed by atoms with Gasteiger partial charge in [-0.1, -0.05) is 190 Å². The summed E-state index contributed by atoms with van der Waals surface area (Å²) in [6, 6.07) is 0. The average molecular weight is 485 g/mol. The molecule has 0 aliphatic carbocycles. The smallest absolute Gasteiger partial charge is 0.0323 e. The second-order valence-corrected chi connectivity index (χ2v) is 9.72. The van der Waals surface area contributed by atoms with Crippen LogP contribution in [0, 0.1) is 5.92 Å². The van der Waals surface area contributed by atoms with Gasteiger partial charge in [0.25, 0.3) is 0 Å². The number of hydrogen-bond acceptors (Lipinski definition) is 0. The summed E-state index contributed by atoms with van der Waals surface area (Å²) >= 11 is 0. The lowest BCUT2D eigenvalue weighted by atomic mass is 10.0. The molecule has 0 bridgehead atoms. The second-order valence-electron chi connectivity index (χ2n) is 9.72. The van der Waals surface area contributed by atoms with Gasteiger partial charge in [0.2, 0.25) is 0 Å². The minimum atomic E-state index is 0.896. The zero-order chi connectivity index (χ0) is 27.3. The van der Waals surface area contributed by atoms with Crippen molar-refractivity contribution in [3.8, 4) is 0 Å². The molecule has 0 aromatic carbocycles. The third-order valence-corrected chi connectivity index (χ3v) is 5.60. The molecule has 0 aliphatic rings. The van der Waals surface area contributed by atoms with Crippen LogP contribution in [0.1, 0.15) is 205 Å². The van der Waals surface area contributed by atoms with Crippen molar-refractivity contribution in [1.29, 1.82) is 0 Å². The van der Waals surface area contributed by atoms with E-state index in [2.05, 4.69) is 61.5 Å². The van der Waals surface area contributed by atoms with Gasteiger partial charge in [0.05, 0.1) is 0 Å². The molecular weight excluding hydrogens is 408 g/mol. The lowest BCUT2D eigenvalue weighted by Gasteiger charge is -2.05. The lowest BCUT2D eigenvalue weighted by Crippen LogP contribution is -1.87. The molecule has 0 N–H and O–H groups in total. The maximum atomic E-state index is 2.34. The Kier molecular flexibility index (Phi) is 64.1. The topological polar surface area (TPSA) is 0 Å². The Morgan fingerprint density at radius 2 is 0.794 bits per heavy atom. The molecule has 0 heteroatoms. The van der Waals surface area contributed by atoms with Crippen molar-refractivity contribution >= 4 is 0 Å². The fourth-order valence-electron chi connectivity index (χ4n) is 3.22. The van der Waals surface area contributed by atoms with Crippen molar-refractivity contribution in [1.82, 2.24) is 0 Å². The van der Waals surface area contributed by atoms with Crippen molar-refractivity contribution in [2.24, 2.45) is 5.92 Å². The van der Waals surface area contributed by atoms with Crippen LogP contribution in [-0.2, 0) is 0 Å². The summed E-state index contributed by atoms with van der Waals surface area (Å²) in [6.45, 7) is 25.7.